The van der Waals surface area contributed by atoms with Gasteiger partial charge in [-0.3, -0.25) is 0 Å². The van der Waals surface area contributed by atoms with Crippen molar-refractivity contribution in [1.29, 1.82) is 0 Å². The Bertz CT molecular complexity index is 290. The van der Waals surface area contributed by atoms with Crippen LogP contribution in [0.25, 0.3) is 0 Å². The molecule has 1 unspecified atom stereocenters. The van der Waals surface area contributed by atoms with Crippen molar-refractivity contribution in [3.8, 4) is 0 Å². The van der Waals surface area contributed by atoms with Crippen LogP contribution in [-0.4, -0.2) is 65.1 Å². The van der Waals surface area contributed by atoms with Crippen LogP contribution in [0.15, 0.2) is 12.2 Å². The molecule has 0 amide bonds. The molecule has 6 nitrogen and oxygen atoms in total. The lowest BCUT2D eigenvalue weighted by Gasteiger charge is -2.24. The molecule has 0 aliphatic carbocycles. The fourth-order valence-corrected chi connectivity index (χ4v) is 1.64. The zero-order chi connectivity index (χ0) is 14.9. The first-order chi connectivity index (χ1) is 8.76. The number of nitrogens with zero attached hydrogens (tertiary/aromatic N) is 1. The molecule has 0 aromatic rings. The largest absolute Gasteiger partial charge is 0.460 e. The topological polar surface area (TPSA) is 54.0 Å². The summed E-state index contributed by atoms with van der Waals surface area (Å²) < 4.78 is 21.6. The summed E-state index contributed by atoms with van der Waals surface area (Å²) in [6.07, 6.45) is 0. The van der Waals surface area contributed by atoms with Crippen molar-refractivity contribution in [2.45, 2.75) is 6.92 Å². The molecule has 112 valence electrons. The number of rotatable bonds is 10. The van der Waals surface area contributed by atoms with E-state index < -0.39 is 14.6 Å². The smallest absolute Gasteiger partial charge is 0.333 e. The third-order valence-corrected chi connectivity index (χ3v) is 3.05. The van der Waals surface area contributed by atoms with Gasteiger partial charge in [-0.25, -0.2) is 4.79 Å². The van der Waals surface area contributed by atoms with E-state index in [-0.39, 0.29) is 13.2 Å². The number of carbonyl (C=O) groups excluding carboxylic acids is 1. The number of esters is 1. The molecule has 0 aliphatic heterocycles. The summed E-state index contributed by atoms with van der Waals surface area (Å²) in [4.78, 5) is 11.1. The second kappa shape index (κ2) is 9.39. The maximum Gasteiger partial charge on any atom is 0.333 e. The van der Waals surface area contributed by atoms with Gasteiger partial charge >= 0.3 is 14.6 Å². The number of ether oxygens (including phenoxy) is 1. The first-order valence-corrected chi connectivity index (χ1v) is 7.09. The maximum atomic E-state index is 11.1. The summed E-state index contributed by atoms with van der Waals surface area (Å²) in [5, 5.41) is 0. The van der Waals surface area contributed by atoms with E-state index in [0.29, 0.717) is 12.2 Å². The summed E-state index contributed by atoms with van der Waals surface area (Å²) >= 11 is 0. The highest BCUT2D eigenvalue weighted by molar-refractivity contribution is 7.41. The molecule has 0 fully saturated rings. The Balaban J connectivity index is 3.71. The number of hydrogen-bond acceptors (Lipinski definition) is 5. The van der Waals surface area contributed by atoms with Crippen molar-refractivity contribution in [3.63, 3.8) is 0 Å². The fourth-order valence-electron chi connectivity index (χ4n) is 0.901. The van der Waals surface area contributed by atoms with E-state index in [1.807, 2.05) is 0 Å². The quantitative estimate of drug-likeness (QED) is 0.202. The van der Waals surface area contributed by atoms with Crippen LogP contribution in [0.3, 0.4) is 0 Å². The van der Waals surface area contributed by atoms with Gasteiger partial charge in [0.1, 0.15) is 19.8 Å². The molecule has 0 radical (unpaired) electrons. The van der Waals surface area contributed by atoms with Crippen LogP contribution in [-0.2, 0) is 23.1 Å². The molecule has 0 aromatic carbocycles. The van der Waals surface area contributed by atoms with Gasteiger partial charge in [-0.05, 0) is 6.92 Å². The molecule has 0 bridgehead atoms. The Morgan fingerprint density at radius 1 is 1.16 bits per heavy atom. The average molecular weight is 294 g/mol. The predicted octanol–water partition coefficient (Wildman–Crippen LogP) is 1.72. The van der Waals surface area contributed by atoms with Crippen molar-refractivity contribution >= 4 is 14.6 Å². The molecular formula is C12H25NO5P+. The number of likely N-dealkylation sites (N-methyl/N-ethyl adjacent to an activating group) is 1. The van der Waals surface area contributed by atoms with Gasteiger partial charge in [-0.1, -0.05) is 6.58 Å². The maximum absolute atomic E-state index is 11.1. The zero-order valence-electron chi connectivity index (χ0n) is 12.5. The highest BCUT2D eigenvalue weighted by Crippen LogP contribution is 2.38. The van der Waals surface area contributed by atoms with Crippen molar-refractivity contribution in [1.82, 2.24) is 0 Å². The SMILES string of the molecule is C=C(C)C(=O)OCCOP(OC)OCC[N+](C)(C)C. The second-order valence-electron chi connectivity index (χ2n) is 5.00. The Hall–Kier alpha value is -0.520. The van der Waals surface area contributed by atoms with Crippen LogP contribution in [0.5, 0.6) is 0 Å². The summed E-state index contributed by atoms with van der Waals surface area (Å²) in [5.41, 5.74) is 0.369. The van der Waals surface area contributed by atoms with Crippen LogP contribution >= 0.6 is 8.60 Å². The Kier molecular flexibility index (Phi) is 9.14. The van der Waals surface area contributed by atoms with Gasteiger partial charge in [0.05, 0.1) is 27.7 Å². The van der Waals surface area contributed by atoms with Gasteiger partial charge in [-0.15, -0.1) is 0 Å². The normalized spacial score (nSPS) is 13.1. The molecular weight excluding hydrogens is 269 g/mol. The molecule has 0 N–H and O–H groups in total. The van der Waals surface area contributed by atoms with Crippen LogP contribution in [0, 0.1) is 0 Å². The van der Waals surface area contributed by atoms with Gasteiger partial charge in [0.15, 0.2) is 0 Å². The number of quaternary nitrogens is 1. The van der Waals surface area contributed by atoms with E-state index in [2.05, 4.69) is 27.7 Å². The molecule has 0 saturated heterocycles. The van der Waals surface area contributed by atoms with Gasteiger partial charge in [-0.2, -0.15) is 0 Å². The highest BCUT2D eigenvalue weighted by Gasteiger charge is 2.14. The van der Waals surface area contributed by atoms with E-state index >= 15 is 0 Å². The lowest BCUT2D eigenvalue weighted by atomic mass is 10.4. The van der Waals surface area contributed by atoms with Crippen molar-refractivity contribution < 1.29 is 27.6 Å². The molecule has 0 aromatic heterocycles. The standard InChI is InChI=1S/C12H25NO5P/c1-11(2)12(14)16-9-10-18-19(15-6)17-8-7-13(3,4)5/h1,7-10H2,2-6H3/q+1. The number of carbonyl (C=O) groups is 1. The lowest BCUT2D eigenvalue weighted by Crippen LogP contribution is -2.37. The first-order valence-electron chi connectivity index (χ1n) is 5.99. The van der Waals surface area contributed by atoms with E-state index in [9.17, 15) is 4.79 Å². The minimum atomic E-state index is -1.38. The predicted molar refractivity (Wildman–Crippen MR) is 74.5 cm³/mol. The summed E-state index contributed by atoms with van der Waals surface area (Å²) in [5.74, 6) is -0.420. The molecule has 0 heterocycles. The Labute approximate surface area is 116 Å². The second-order valence-corrected chi connectivity index (χ2v) is 6.33. The van der Waals surface area contributed by atoms with Gasteiger partial charge in [0, 0.05) is 12.7 Å². The van der Waals surface area contributed by atoms with E-state index in [1.165, 1.54) is 7.11 Å². The van der Waals surface area contributed by atoms with Crippen LogP contribution in [0.4, 0.5) is 0 Å². The summed E-state index contributed by atoms with van der Waals surface area (Å²) in [6, 6.07) is 0. The minimum absolute atomic E-state index is 0.159. The van der Waals surface area contributed by atoms with Crippen LogP contribution < -0.4 is 0 Å². The molecule has 19 heavy (non-hydrogen) atoms. The molecule has 7 heteroatoms. The van der Waals surface area contributed by atoms with Crippen molar-refractivity contribution in [2.75, 3.05) is 54.6 Å². The van der Waals surface area contributed by atoms with E-state index in [1.54, 1.807) is 6.92 Å². The molecule has 1 atom stereocenters. The molecule has 0 saturated carbocycles. The van der Waals surface area contributed by atoms with Gasteiger partial charge in [0.25, 0.3) is 0 Å². The van der Waals surface area contributed by atoms with Crippen molar-refractivity contribution in [3.05, 3.63) is 12.2 Å². The third kappa shape index (κ3) is 11.0. The Morgan fingerprint density at radius 2 is 1.74 bits per heavy atom. The van der Waals surface area contributed by atoms with E-state index in [0.717, 1.165) is 11.0 Å². The highest BCUT2D eigenvalue weighted by atomic mass is 31.2. The molecule has 0 rings (SSSR count). The zero-order valence-corrected chi connectivity index (χ0v) is 13.4. The van der Waals surface area contributed by atoms with Crippen LogP contribution in [0.2, 0.25) is 0 Å². The molecule has 0 spiro atoms. The fraction of sp³-hybridized carbons (Fsp3) is 0.750. The average Bonchev–Trinajstić information content (AvgIpc) is 2.30. The van der Waals surface area contributed by atoms with E-state index in [4.69, 9.17) is 18.3 Å². The monoisotopic (exact) mass is 294 g/mol. The summed E-state index contributed by atoms with van der Waals surface area (Å²) in [6.45, 7) is 6.89. The first kappa shape index (κ1) is 18.5. The lowest BCUT2D eigenvalue weighted by molar-refractivity contribution is -0.870. The van der Waals surface area contributed by atoms with Gasteiger partial charge < -0.3 is 22.8 Å². The van der Waals surface area contributed by atoms with Gasteiger partial charge in [0.2, 0.25) is 0 Å². The Morgan fingerprint density at radius 3 is 2.21 bits per heavy atom. The molecule has 0 aliphatic rings. The van der Waals surface area contributed by atoms with Crippen molar-refractivity contribution in [2.24, 2.45) is 0 Å². The third-order valence-electron chi connectivity index (χ3n) is 1.97. The summed E-state index contributed by atoms with van der Waals surface area (Å²) in [7, 11) is 6.38. The van der Waals surface area contributed by atoms with Crippen LogP contribution in [0.1, 0.15) is 6.92 Å². The number of hydrogen-bond donors (Lipinski definition) is 0. The minimum Gasteiger partial charge on any atom is -0.460 e.